The van der Waals surface area contributed by atoms with Crippen LogP contribution in [0.15, 0.2) is 47.4 Å². The standard InChI is InChI=1S/C25H28N4O4S/c1-5-34(32,33)19-8-6-18(7-9-19)15-23(30)27-22-11-10-20-21(26-22)12-13-25(4,24(20)31)29-17(3)14-16(2)28-29/h6-11,14H,5,12-13,15H2,1-4H3,(H,26,27,30). The average molecular weight is 481 g/mol. The quantitative estimate of drug-likeness (QED) is 0.579. The molecule has 1 amide bonds. The molecule has 8 nitrogen and oxygen atoms in total. The molecule has 1 N–H and O–H groups in total. The van der Waals surface area contributed by atoms with Crippen molar-refractivity contribution in [1.29, 1.82) is 0 Å². The van der Waals surface area contributed by atoms with Gasteiger partial charge in [0, 0.05) is 11.3 Å². The summed E-state index contributed by atoms with van der Waals surface area (Å²) in [5, 5.41) is 7.31. The molecule has 0 spiro atoms. The number of fused-ring (bicyclic) bond motifs is 1. The molecule has 0 saturated carbocycles. The van der Waals surface area contributed by atoms with Crippen molar-refractivity contribution in [3.63, 3.8) is 0 Å². The number of benzene rings is 1. The molecular formula is C25H28N4O4S. The van der Waals surface area contributed by atoms with Gasteiger partial charge in [-0.25, -0.2) is 13.4 Å². The molecule has 1 aromatic carbocycles. The summed E-state index contributed by atoms with van der Waals surface area (Å²) in [6, 6.07) is 11.6. The first-order valence-electron chi connectivity index (χ1n) is 11.2. The van der Waals surface area contributed by atoms with Gasteiger partial charge >= 0.3 is 0 Å². The lowest BCUT2D eigenvalue weighted by Gasteiger charge is -2.34. The first kappa shape index (κ1) is 23.8. The largest absolute Gasteiger partial charge is 0.310 e. The van der Waals surface area contributed by atoms with Crippen LogP contribution < -0.4 is 5.32 Å². The fraction of sp³-hybridized carbons (Fsp3) is 0.360. The van der Waals surface area contributed by atoms with Gasteiger partial charge in [-0.05, 0) is 69.5 Å². The van der Waals surface area contributed by atoms with E-state index in [4.69, 9.17) is 0 Å². The predicted octanol–water partition coefficient (Wildman–Crippen LogP) is 3.41. The molecule has 1 unspecified atom stereocenters. The van der Waals surface area contributed by atoms with Gasteiger partial charge < -0.3 is 5.32 Å². The number of nitrogens with zero attached hydrogens (tertiary/aromatic N) is 3. The number of anilines is 1. The summed E-state index contributed by atoms with van der Waals surface area (Å²) in [7, 11) is -3.28. The third-order valence-corrected chi connectivity index (χ3v) is 8.08. The molecule has 0 saturated heterocycles. The van der Waals surface area contributed by atoms with Gasteiger partial charge in [-0.3, -0.25) is 14.3 Å². The number of aryl methyl sites for hydroxylation is 3. The van der Waals surface area contributed by atoms with Gasteiger partial charge in [0.05, 0.1) is 28.5 Å². The summed E-state index contributed by atoms with van der Waals surface area (Å²) < 4.78 is 25.7. The number of pyridine rings is 1. The van der Waals surface area contributed by atoms with Crippen LogP contribution in [0.25, 0.3) is 0 Å². The zero-order valence-corrected chi connectivity index (χ0v) is 20.6. The highest BCUT2D eigenvalue weighted by atomic mass is 32.2. The normalized spacial score (nSPS) is 17.9. The maximum atomic E-state index is 13.4. The van der Waals surface area contributed by atoms with E-state index in [2.05, 4.69) is 15.4 Å². The Hall–Kier alpha value is -3.33. The molecule has 2 aromatic heterocycles. The molecule has 0 radical (unpaired) electrons. The molecule has 4 rings (SSSR count). The summed E-state index contributed by atoms with van der Waals surface area (Å²) in [5.74, 6) is 0.108. The number of aromatic nitrogens is 3. The van der Waals surface area contributed by atoms with Gasteiger partial charge in [-0.1, -0.05) is 19.1 Å². The number of sulfone groups is 1. The molecule has 0 fully saturated rings. The highest BCUT2D eigenvalue weighted by Crippen LogP contribution is 2.34. The Balaban J connectivity index is 1.47. The lowest BCUT2D eigenvalue weighted by atomic mass is 9.80. The average Bonchev–Trinajstić information content (AvgIpc) is 3.15. The topological polar surface area (TPSA) is 111 Å². The van der Waals surface area contributed by atoms with Crippen molar-refractivity contribution >= 4 is 27.3 Å². The third-order valence-electron chi connectivity index (χ3n) is 6.33. The number of hydrogen-bond acceptors (Lipinski definition) is 6. The lowest BCUT2D eigenvalue weighted by Crippen LogP contribution is -2.44. The van der Waals surface area contributed by atoms with E-state index < -0.39 is 15.4 Å². The Morgan fingerprint density at radius 2 is 1.85 bits per heavy atom. The second-order valence-electron chi connectivity index (χ2n) is 8.90. The van der Waals surface area contributed by atoms with Crippen LogP contribution in [0.2, 0.25) is 0 Å². The maximum absolute atomic E-state index is 13.4. The van der Waals surface area contributed by atoms with E-state index in [0.29, 0.717) is 35.5 Å². The van der Waals surface area contributed by atoms with Gasteiger partial charge in [0.2, 0.25) is 5.91 Å². The Bertz CT molecular complexity index is 1380. The molecule has 0 aliphatic heterocycles. The molecule has 1 aliphatic carbocycles. The van der Waals surface area contributed by atoms with Crippen molar-refractivity contribution < 1.29 is 18.0 Å². The van der Waals surface area contributed by atoms with Crippen molar-refractivity contribution in [1.82, 2.24) is 14.8 Å². The molecule has 1 atom stereocenters. The fourth-order valence-corrected chi connectivity index (χ4v) is 5.30. The Labute approximate surface area is 199 Å². The van der Waals surface area contributed by atoms with Crippen molar-refractivity contribution in [3.8, 4) is 0 Å². The van der Waals surface area contributed by atoms with Crippen LogP contribution in [-0.4, -0.2) is 40.6 Å². The summed E-state index contributed by atoms with van der Waals surface area (Å²) >= 11 is 0. The van der Waals surface area contributed by atoms with Crippen LogP contribution in [0.4, 0.5) is 5.82 Å². The van der Waals surface area contributed by atoms with E-state index >= 15 is 0 Å². The molecule has 9 heteroatoms. The van der Waals surface area contributed by atoms with Gasteiger partial charge in [-0.2, -0.15) is 5.10 Å². The van der Waals surface area contributed by atoms with E-state index in [1.165, 1.54) is 12.1 Å². The molecule has 3 aromatic rings. The molecule has 178 valence electrons. The van der Waals surface area contributed by atoms with Crippen LogP contribution in [0.1, 0.15) is 53.3 Å². The van der Waals surface area contributed by atoms with Crippen LogP contribution in [0, 0.1) is 13.8 Å². The SMILES string of the molecule is CCS(=O)(=O)c1ccc(CC(=O)Nc2ccc3c(n2)CCC(C)(n2nc(C)cc2C)C3=O)cc1. The number of nitrogens with one attached hydrogen (secondary N) is 1. The first-order valence-corrected chi connectivity index (χ1v) is 12.9. The maximum Gasteiger partial charge on any atom is 0.229 e. The Morgan fingerprint density at radius 3 is 2.47 bits per heavy atom. The Kier molecular flexibility index (Phi) is 6.16. The van der Waals surface area contributed by atoms with Gasteiger partial charge in [0.1, 0.15) is 11.4 Å². The number of amides is 1. The molecule has 1 aliphatic rings. The van der Waals surface area contributed by atoms with Crippen LogP contribution in [0.3, 0.4) is 0 Å². The summed E-state index contributed by atoms with van der Waals surface area (Å²) in [6.07, 6.45) is 1.24. The van der Waals surface area contributed by atoms with Crippen LogP contribution in [0.5, 0.6) is 0 Å². The van der Waals surface area contributed by atoms with Crippen molar-refractivity contribution in [2.24, 2.45) is 0 Å². The monoisotopic (exact) mass is 480 g/mol. The van der Waals surface area contributed by atoms with Crippen molar-refractivity contribution in [2.45, 2.75) is 57.4 Å². The number of hydrogen-bond donors (Lipinski definition) is 1. The molecule has 2 heterocycles. The second-order valence-corrected chi connectivity index (χ2v) is 11.2. The number of Topliss-reactive ketones (excluding diaryl/α,β-unsaturated/α-hetero) is 1. The van der Waals surface area contributed by atoms with Crippen molar-refractivity contribution in [3.05, 3.63) is 70.7 Å². The van der Waals surface area contributed by atoms with Gasteiger partial charge in [0.25, 0.3) is 0 Å². The second kappa shape index (κ2) is 8.79. The smallest absolute Gasteiger partial charge is 0.229 e. The first-order chi connectivity index (χ1) is 16.0. The van der Waals surface area contributed by atoms with E-state index in [0.717, 1.165) is 11.4 Å². The van der Waals surface area contributed by atoms with E-state index in [-0.39, 0.29) is 28.8 Å². The zero-order chi connectivity index (χ0) is 24.7. The van der Waals surface area contributed by atoms with E-state index in [1.54, 1.807) is 35.9 Å². The molecule has 34 heavy (non-hydrogen) atoms. The van der Waals surface area contributed by atoms with E-state index in [1.807, 2.05) is 26.8 Å². The summed E-state index contributed by atoms with van der Waals surface area (Å²) in [4.78, 5) is 30.7. The minimum absolute atomic E-state index is 0.0275. The van der Waals surface area contributed by atoms with Crippen molar-refractivity contribution in [2.75, 3.05) is 11.1 Å². The van der Waals surface area contributed by atoms with Crippen LogP contribution in [-0.2, 0) is 33.0 Å². The van der Waals surface area contributed by atoms with Crippen LogP contribution >= 0.6 is 0 Å². The zero-order valence-electron chi connectivity index (χ0n) is 19.8. The Morgan fingerprint density at radius 1 is 1.15 bits per heavy atom. The van der Waals surface area contributed by atoms with Gasteiger partial charge in [0.15, 0.2) is 15.6 Å². The number of carbonyl (C=O) groups excluding carboxylic acids is 2. The van der Waals surface area contributed by atoms with E-state index in [9.17, 15) is 18.0 Å². The molecule has 0 bridgehead atoms. The number of carbonyl (C=O) groups is 2. The lowest BCUT2D eigenvalue weighted by molar-refractivity contribution is -0.115. The minimum Gasteiger partial charge on any atom is -0.310 e. The molecular weight excluding hydrogens is 452 g/mol. The fourth-order valence-electron chi connectivity index (χ4n) is 4.42. The minimum atomic E-state index is -3.28. The summed E-state index contributed by atoms with van der Waals surface area (Å²) in [5.41, 5.74) is 2.95. The number of rotatable bonds is 6. The highest BCUT2D eigenvalue weighted by molar-refractivity contribution is 7.91. The summed E-state index contributed by atoms with van der Waals surface area (Å²) in [6.45, 7) is 7.35. The predicted molar refractivity (Wildman–Crippen MR) is 129 cm³/mol. The van der Waals surface area contributed by atoms with Gasteiger partial charge in [-0.15, -0.1) is 0 Å². The highest BCUT2D eigenvalue weighted by Gasteiger charge is 2.42. The third kappa shape index (κ3) is 4.40. The number of ketones is 1.